The Morgan fingerprint density at radius 3 is 2.48 bits per heavy atom. The van der Waals surface area contributed by atoms with Crippen molar-refractivity contribution in [2.24, 2.45) is 0 Å². The number of nitrogens with zero attached hydrogens (tertiary/aromatic N) is 1. The van der Waals surface area contributed by atoms with Gasteiger partial charge in [0.15, 0.2) is 11.5 Å². The molecule has 0 heterocycles. The Morgan fingerprint density at radius 2 is 1.92 bits per heavy atom. The van der Waals surface area contributed by atoms with E-state index in [0.29, 0.717) is 21.5 Å². The van der Waals surface area contributed by atoms with Crippen LogP contribution in [0, 0.1) is 11.3 Å². The summed E-state index contributed by atoms with van der Waals surface area (Å²) in [6, 6.07) is 11.5. The molecule has 0 unspecified atom stereocenters. The van der Waals surface area contributed by atoms with Gasteiger partial charge in [-0.25, -0.2) is 0 Å². The molecule has 2 rings (SSSR count). The first kappa shape index (κ1) is 18.4. The minimum atomic E-state index is -0.560. The Labute approximate surface area is 153 Å². The first-order valence-electron chi connectivity index (χ1n) is 7.12. The topological polar surface area (TPSA) is 91.6 Å². The predicted octanol–water partition coefficient (Wildman–Crippen LogP) is 3.72. The first-order chi connectivity index (χ1) is 12.0. The molecule has 2 aromatic rings. The first-order valence-corrected chi connectivity index (χ1v) is 7.91. The highest BCUT2D eigenvalue weighted by Crippen LogP contribution is 2.33. The number of phenolic OH excluding ortho intramolecular Hbond substituents is 1. The summed E-state index contributed by atoms with van der Waals surface area (Å²) in [5.41, 5.74) is 0.893. The van der Waals surface area contributed by atoms with Crippen LogP contribution in [0.5, 0.6) is 17.2 Å². The van der Waals surface area contributed by atoms with Crippen molar-refractivity contribution in [3.05, 3.63) is 52.0 Å². The number of hydrogen-bond acceptors (Lipinski definition) is 5. The monoisotopic (exact) mass is 402 g/mol. The van der Waals surface area contributed by atoms with Crippen LogP contribution in [0.3, 0.4) is 0 Å². The summed E-state index contributed by atoms with van der Waals surface area (Å²) < 4.78 is 10.6. The second-order valence-corrected chi connectivity index (χ2v) is 5.75. The van der Waals surface area contributed by atoms with Gasteiger partial charge in [0.25, 0.3) is 5.91 Å². The third-order valence-electron chi connectivity index (χ3n) is 3.31. The van der Waals surface area contributed by atoms with Crippen LogP contribution in [0.25, 0.3) is 6.08 Å². The Hall–Kier alpha value is -2.98. The van der Waals surface area contributed by atoms with Gasteiger partial charge in [-0.2, -0.15) is 5.26 Å². The zero-order chi connectivity index (χ0) is 18.4. The van der Waals surface area contributed by atoms with E-state index in [1.54, 1.807) is 37.4 Å². The van der Waals surface area contributed by atoms with Crippen molar-refractivity contribution >= 4 is 33.6 Å². The molecule has 25 heavy (non-hydrogen) atoms. The summed E-state index contributed by atoms with van der Waals surface area (Å²) in [6.45, 7) is 0. The van der Waals surface area contributed by atoms with Crippen LogP contribution in [0.15, 0.2) is 46.4 Å². The van der Waals surface area contributed by atoms with Gasteiger partial charge in [-0.1, -0.05) is 15.9 Å². The van der Waals surface area contributed by atoms with E-state index in [1.807, 2.05) is 6.07 Å². The smallest absolute Gasteiger partial charge is 0.266 e. The van der Waals surface area contributed by atoms with Gasteiger partial charge in [-0.15, -0.1) is 0 Å². The highest BCUT2D eigenvalue weighted by atomic mass is 79.9. The molecular formula is C18H15BrN2O4. The van der Waals surface area contributed by atoms with Crippen LogP contribution in [0.2, 0.25) is 0 Å². The number of methoxy groups -OCH3 is 2. The summed E-state index contributed by atoms with van der Waals surface area (Å²) in [7, 11) is 2.98. The molecule has 0 saturated heterocycles. The van der Waals surface area contributed by atoms with E-state index >= 15 is 0 Å². The van der Waals surface area contributed by atoms with Crippen LogP contribution in [-0.2, 0) is 4.79 Å². The lowest BCUT2D eigenvalue weighted by molar-refractivity contribution is -0.112. The molecule has 0 bridgehead atoms. The Balaban J connectivity index is 2.26. The van der Waals surface area contributed by atoms with Gasteiger partial charge >= 0.3 is 0 Å². The molecule has 0 aliphatic rings. The number of rotatable bonds is 5. The standard InChI is InChI=1S/C18H15BrN2O4/c1-24-14-5-3-13(4-6-14)21-18(23)12(10-20)7-11-8-16(22)17(25-2)9-15(11)19/h3-9,22H,1-2H3,(H,21,23)/b12-7+. The minimum Gasteiger partial charge on any atom is -0.504 e. The number of nitriles is 1. The van der Waals surface area contributed by atoms with Crippen LogP contribution < -0.4 is 14.8 Å². The molecule has 0 saturated carbocycles. The number of nitrogens with one attached hydrogen (secondary N) is 1. The fraction of sp³-hybridized carbons (Fsp3) is 0.111. The van der Waals surface area contributed by atoms with Crippen molar-refractivity contribution < 1.29 is 19.4 Å². The summed E-state index contributed by atoms with van der Waals surface area (Å²) in [5.74, 6) is 0.289. The maximum absolute atomic E-state index is 12.3. The maximum atomic E-state index is 12.3. The van der Waals surface area contributed by atoms with Gasteiger partial charge in [0.1, 0.15) is 17.4 Å². The van der Waals surface area contributed by atoms with E-state index in [4.69, 9.17) is 9.47 Å². The van der Waals surface area contributed by atoms with E-state index < -0.39 is 5.91 Å². The number of ether oxygens (including phenoxy) is 2. The highest BCUT2D eigenvalue weighted by molar-refractivity contribution is 9.10. The average Bonchev–Trinajstić information content (AvgIpc) is 2.62. The van der Waals surface area contributed by atoms with Crippen molar-refractivity contribution in [1.82, 2.24) is 0 Å². The lowest BCUT2D eigenvalue weighted by Crippen LogP contribution is -2.13. The molecule has 0 radical (unpaired) electrons. The van der Waals surface area contributed by atoms with Crippen molar-refractivity contribution in [3.63, 3.8) is 0 Å². The van der Waals surface area contributed by atoms with Gasteiger partial charge < -0.3 is 19.9 Å². The molecule has 0 aliphatic carbocycles. The van der Waals surface area contributed by atoms with Gasteiger partial charge in [0.05, 0.1) is 14.2 Å². The Morgan fingerprint density at radius 1 is 1.24 bits per heavy atom. The van der Waals surface area contributed by atoms with Crippen LogP contribution in [0.1, 0.15) is 5.56 Å². The second kappa shape index (κ2) is 8.22. The molecule has 0 aliphatic heterocycles. The molecule has 7 heteroatoms. The predicted molar refractivity (Wildman–Crippen MR) is 97.6 cm³/mol. The van der Waals surface area contributed by atoms with Crippen LogP contribution in [0.4, 0.5) is 5.69 Å². The lowest BCUT2D eigenvalue weighted by atomic mass is 10.1. The number of aromatic hydroxyl groups is 1. The van der Waals surface area contributed by atoms with Crippen molar-refractivity contribution in [2.75, 3.05) is 19.5 Å². The van der Waals surface area contributed by atoms with E-state index in [2.05, 4.69) is 21.2 Å². The van der Waals surface area contributed by atoms with Gasteiger partial charge in [0.2, 0.25) is 0 Å². The van der Waals surface area contributed by atoms with E-state index in [-0.39, 0.29) is 17.1 Å². The third kappa shape index (κ3) is 4.52. The molecule has 6 nitrogen and oxygen atoms in total. The molecule has 2 aromatic carbocycles. The second-order valence-electron chi connectivity index (χ2n) is 4.90. The number of benzene rings is 2. The molecular weight excluding hydrogens is 388 g/mol. The van der Waals surface area contributed by atoms with Crippen LogP contribution in [-0.4, -0.2) is 25.2 Å². The van der Waals surface area contributed by atoms with Gasteiger partial charge in [-0.05, 0) is 48.0 Å². The molecule has 0 aromatic heterocycles. The fourth-order valence-electron chi connectivity index (χ4n) is 2.01. The minimum absolute atomic E-state index is 0.0928. The average molecular weight is 403 g/mol. The molecule has 0 spiro atoms. The third-order valence-corrected chi connectivity index (χ3v) is 4.00. The van der Waals surface area contributed by atoms with Gasteiger partial charge in [0, 0.05) is 10.2 Å². The van der Waals surface area contributed by atoms with Crippen molar-refractivity contribution in [3.8, 4) is 23.3 Å². The molecule has 0 atom stereocenters. The zero-order valence-corrected chi connectivity index (χ0v) is 15.1. The number of phenols is 1. The Bertz CT molecular complexity index is 855. The molecule has 2 N–H and O–H groups in total. The van der Waals surface area contributed by atoms with E-state index in [9.17, 15) is 15.2 Å². The Kier molecular flexibility index (Phi) is 6.03. The molecule has 128 valence electrons. The largest absolute Gasteiger partial charge is 0.504 e. The van der Waals surface area contributed by atoms with Crippen molar-refractivity contribution in [1.29, 1.82) is 5.26 Å². The number of anilines is 1. The zero-order valence-electron chi connectivity index (χ0n) is 13.5. The van der Waals surface area contributed by atoms with E-state index in [0.717, 1.165) is 0 Å². The number of carbonyl (C=O) groups is 1. The quantitative estimate of drug-likeness (QED) is 0.587. The summed E-state index contributed by atoms with van der Waals surface area (Å²) in [4.78, 5) is 12.3. The number of carbonyl (C=O) groups excluding carboxylic acids is 1. The summed E-state index contributed by atoms with van der Waals surface area (Å²) >= 11 is 3.32. The van der Waals surface area contributed by atoms with Gasteiger partial charge in [-0.3, -0.25) is 4.79 Å². The van der Waals surface area contributed by atoms with E-state index in [1.165, 1.54) is 19.3 Å². The maximum Gasteiger partial charge on any atom is 0.266 e. The van der Waals surface area contributed by atoms with Crippen LogP contribution >= 0.6 is 15.9 Å². The highest BCUT2D eigenvalue weighted by Gasteiger charge is 2.13. The fourth-order valence-corrected chi connectivity index (χ4v) is 2.45. The number of halogens is 1. The normalized spacial score (nSPS) is 10.7. The lowest BCUT2D eigenvalue weighted by Gasteiger charge is -2.08. The summed E-state index contributed by atoms with van der Waals surface area (Å²) in [6.07, 6.45) is 1.38. The summed E-state index contributed by atoms with van der Waals surface area (Å²) in [5, 5.41) is 21.8. The number of amides is 1. The molecule has 1 amide bonds. The van der Waals surface area contributed by atoms with Crippen molar-refractivity contribution in [2.45, 2.75) is 0 Å². The number of hydrogen-bond donors (Lipinski definition) is 2. The molecule has 0 fully saturated rings. The SMILES string of the molecule is COc1ccc(NC(=O)/C(C#N)=C/c2cc(O)c(OC)cc2Br)cc1.